The summed E-state index contributed by atoms with van der Waals surface area (Å²) in [5, 5.41) is 13.4. The Balaban J connectivity index is 2.00. The van der Waals surface area contributed by atoms with E-state index in [9.17, 15) is 0 Å². The number of rotatable bonds is 3. The number of aromatic nitrogens is 2. The third kappa shape index (κ3) is 4.27. The molecule has 1 aromatic carbocycles. The molecule has 0 atom stereocenters. The van der Waals surface area contributed by atoms with Crippen molar-refractivity contribution in [1.82, 2.24) is 10.2 Å². The van der Waals surface area contributed by atoms with Crippen molar-refractivity contribution in [2.45, 2.75) is 46.6 Å². The lowest BCUT2D eigenvalue weighted by Crippen LogP contribution is -2.22. The van der Waals surface area contributed by atoms with Gasteiger partial charge >= 0.3 is 0 Å². The first-order valence-electron chi connectivity index (χ1n) is 7.23. The van der Waals surface area contributed by atoms with E-state index in [1.54, 1.807) is 11.3 Å². The highest BCUT2D eigenvalue weighted by atomic mass is 32.1. The van der Waals surface area contributed by atoms with Crippen LogP contribution in [0.1, 0.15) is 41.9 Å². The number of nitrogens with one attached hydrogen (secondary N) is 1. The van der Waals surface area contributed by atoms with Gasteiger partial charge in [-0.2, -0.15) is 0 Å². The average Bonchev–Trinajstić information content (AvgIpc) is 2.89. The maximum atomic E-state index is 5.93. The van der Waals surface area contributed by atoms with Crippen molar-refractivity contribution >= 4 is 23.0 Å². The molecule has 118 valence electrons. The lowest BCUT2D eigenvalue weighted by Gasteiger charge is -2.12. The van der Waals surface area contributed by atoms with Crippen molar-refractivity contribution in [3.63, 3.8) is 0 Å². The molecule has 1 aromatic heterocycles. The van der Waals surface area contributed by atoms with Gasteiger partial charge in [-0.05, 0) is 37.1 Å². The van der Waals surface area contributed by atoms with Gasteiger partial charge in [0, 0.05) is 11.1 Å². The summed E-state index contributed by atoms with van der Waals surface area (Å²) < 4.78 is 0. The first-order valence-corrected chi connectivity index (χ1v) is 8.04. The van der Waals surface area contributed by atoms with Crippen LogP contribution in [-0.2, 0) is 12.0 Å². The highest BCUT2D eigenvalue weighted by molar-refractivity contribution is 7.11. The van der Waals surface area contributed by atoms with Gasteiger partial charge in [0.2, 0.25) is 0 Å². The average molecular weight is 317 g/mol. The Bertz CT molecular complexity index is 682. The second-order valence-corrected chi connectivity index (χ2v) is 7.44. The molecule has 0 unspecified atom stereocenters. The van der Waals surface area contributed by atoms with E-state index in [1.165, 1.54) is 11.1 Å². The summed E-state index contributed by atoms with van der Waals surface area (Å²) in [4.78, 5) is 4.33. The minimum Gasteiger partial charge on any atom is -0.370 e. The first-order chi connectivity index (χ1) is 10.3. The maximum Gasteiger partial charge on any atom is 0.193 e. The van der Waals surface area contributed by atoms with E-state index >= 15 is 0 Å². The van der Waals surface area contributed by atoms with Gasteiger partial charge in [-0.15, -0.1) is 10.2 Å². The molecule has 0 saturated carbocycles. The number of aryl methyl sites for hydroxylation is 2. The second kappa shape index (κ2) is 6.44. The third-order valence-electron chi connectivity index (χ3n) is 3.27. The summed E-state index contributed by atoms with van der Waals surface area (Å²) in [5.41, 5.74) is 9.36. The molecule has 0 aliphatic rings. The molecule has 6 heteroatoms. The predicted molar refractivity (Wildman–Crippen MR) is 93.5 cm³/mol. The van der Waals surface area contributed by atoms with Crippen LogP contribution in [0.4, 0.5) is 5.69 Å². The monoisotopic (exact) mass is 317 g/mol. The zero-order valence-corrected chi connectivity index (χ0v) is 14.6. The minimum absolute atomic E-state index is 0.0167. The van der Waals surface area contributed by atoms with Crippen LogP contribution in [0.3, 0.4) is 0 Å². The molecule has 0 bridgehead atoms. The Kier molecular flexibility index (Phi) is 4.81. The molecule has 3 N–H and O–H groups in total. The molecule has 0 aliphatic heterocycles. The van der Waals surface area contributed by atoms with Crippen LogP contribution in [0, 0.1) is 13.8 Å². The highest BCUT2D eigenvalue weighted by Crippen LogP contribution is 2.25. The first kappa shape index (κ1) is 16.4. The van der Waals surface area contributed by atoms with E-state index in [2.05, 4.69) is 67.3 Å². The molecule has 0 spiro atoms. The van der Waals surface area contributed by atoms with Gasteiger partial charge in [-0.1, -0.05) is 38.2 Å². The maximum absolute atomic E-state index is 5.93. The van der Waals surface area contributed by atoms with Crippen molar-refractivity contribution < 1.29 is 0 Å². The van der Waals surface area contributed by atoms with Crippen LogP contribution in [0.2, 0.25) is 0 Å². The molecular formula is C16H23N5S. The fraction of sp³-hybridized carbons (Fsp3) is 0.438. The Labute approximate surface area is 135 Å². The zero-order chi connectivity index (χ0) is 16.3. The molecule has 0 aliphatic carbocycles. The Morgan fingerprint density at radius 3 is 2.55 bits per heavy atom. The van der Waals surface area contributed by atoms with E-state index in [-0.39, 0.29) is 5.41 Å². The van der Waals surface area contributed by atoms with Crippen LogP contribution in [0.25, 0.3) is 0 Å². The van der Waals surface area contributed by atoms with Crippen LogP contribution in [0.15, 0.2) is 23.2 Å². The molecule has 22 heavy (non-hydrogen) atoms. The Hall–Kier alpha value is -1.95. The van der Waals surface area contributed by atoms with Gasteiger partial charge in [0.25, 0.3) is 0 Å². The molecule has 0 amide bonds. The van der Waals surface area contributed by atoms with Gasteiger partial charge in [0.15, 0.2) is 5.96 Å². The molecule has 1 heterocycles. The topological polar surface area (TPSA) is 76.2 Å². The molecular weight excluding hydrogens is 294 g/mol. The summed E-state index contributed by atoms with van der Waals surface area (Å²) in [5.74, 6) is 0.385. The molecule has 2 rings (SSSR count). The predicted octanol–water partition coefficient (Wildman–Crippen LogP) is 3.38. The number of anilines is 1. The SMILES string of the molecule is Cc1ccc(NC(N)=NCc2nnc(C(C)(C)C)s2)cc1C. The number of hydrogen-bond acceptors (Lipinski definition) is 4. The molecule has 0 fully saturated rings. The second-order valence-electron chi connectivity index (χ2n) is 6.38. The quantitative estimate of drug-likeness (QED) is 0.672. The van der Waals surface area contributed by atoms with E-state index in [0.29, 0.717) is 12.5 Å². The van der Waals surface area contributed by atoms with Crippen LogP contribution >= 0.6 is 11.3 Å². The number of benzene rings is 1. The normalized spacial score (nSPS) is 12.5. The Morgan fingerprint density at radius 1 is 1.23 bits per heavy atom. The summed E-state index contributed by atoms with van der Waals surface area (Å²) in [7, 11) is 0. The standard InChI is InChI=1S/C16H23N5S/c1-10-6-7-12(8-11(10)2)19-15(17)18-9-13-20-21-14(22-13)16(3,4)5/h6-8H,9H2,1-5H3,(H3,17,18,19). The highest BCUT2D eigenvalue weighted by Gasteiger charge is 2.19. The lowest BCUT2D eigenvalue weighted by molar-refractivity contribution is 0.577. The van der Waals surface area contributed by atoms with Crippen LogP contribution in [-0.4, -0.2) is 16.2 Å². The fourth-order valence-corrected chi connectivity index (χ4v) is 2.60. The third-order valence-corrected chi connectivity index (χ3v) is 4.61. The van der Waals surface area contributed by atoms with E-state index in [4.69, 9.17) is 5.73 Å². The number of aliphatic imine (C=N–C) groups is 1. The largest absolute Gasteiger partial charge is 0.370 e. The van der Waals surface area contributed by atoms with E-state index < -0.39 is 0 Å². The molecule has 0 saturated heterocycles. The lowest BCUT2D eigenvalue weighted by atomic mass is 9.98. The van der Waals surface area contributed by atoms with Gasteiger partial charge < -0.3 is 11.1 Å². The summed E-state index contributed by atoms with van der Waals surface area (Å²) >= 11 is 1.58. The smallest absolute Gasteiger partial charge is 0.193 e. The van der Waals surface area contributed by atoms with Crippen molar-refractivity contribution in [1.29, 1.82) is 0 Å². The van der Waals surface area contributed by atoms with Gasteiger partial charge in [0.1, 0.15) is 10.0 Å². The van der Waals surface area contributed by atoms with Crippen molar-refractivity contribution in [2.24, 2.45) is 10.7 Å². The van der Waals surface area contributed by atoms with Gasteiger partial charge in [-0.25, -0.2) is 4.99 Å². The van der Waals surface area contributed by atoms with Crippen LogP contribution < -0.4 is 11.1 Å². The number of guanidine groups is 1. The van der Waals surface area contributed by atoms with Crippen molar-refractivity contribution in [3.8, 4) is 0 Å². The number of nitrogens with two attached hydrogens (primary N) is 1. The van der Waals surface area contributed by atoms with Crippen molar-refractivity contribution in [3.05, 3.63) is 39.3 Å². The van der Waals surface area contributed by atoms with E-state index in [0.717, 1.165) is 15.7 Å². The van der Waals surface area contributed by atoms with Crippen LogP contribution in [0.5, 0.6) is 0 Å². The zero-order valence-electron chi connectivity index (χ0n) is 13.8. The van der Waals surface area contributed by atoms with Gasteiger partial charge in [-0.3, -0.25) is 0 Å². The minimum atomic E-state index is 0.0167. The summed E-state index contributed by atoms with van der Waals surface area (Å²) in [6.45, 7) is 11.0. The molecule has 0 radical (unpaired) electrons. The van der Waals surface area contributed by atoms with Crippen molar-refractivity contribution in [2.75, 3.05) is 5.32 Å². The number of nitrogens with zero attached hydrogens (tertiary/aromatic N) is 3. The van der Waals surface area contributed by atoms with Gasteiger partial charge in [0.05, 0.1) is 6.54 Å². The molecule has 5 nitrogen and oxygen atoms in total. The fourth-order valence-electron chi connectivity index (χ4n) is 1.78. The molecule has 2 aromatic rings. The van der Waals surface area contributed by atoms with E-state index in [1.807, 2.05) is 6.07 Å². The number of hydrogen-bond donors (Lipinski definition) is 2. The Morgan fingerprint density at radius 2 is 1.95 bits per heavy atom. The summed E-state index contributed by atoms with van der Waals surface area (Å²) in [6.07, 6.45) is 0. The summed E-state index contributed by atoms with van der Waals surface area (Å²) in [6, 6.07) is 6.11.